The number of aryl methyl sites for hydroxylation is 1. The van der Waals surface area contributed by atoms with Crippen molar-refractivity contribution in [3.63, 3.8) is 0 Å². The van der Waals surface area contributed by atoms with Gasteiger partial charge in [-0.1, -0.05) is 32.3 Å². The number of hydrogen-bond acceptors (Lipinski definition) is 5. The van der Waals surface area contributed by atoms with E-state index in [0.29, 0.717) is 23.7 Å². The number of aromatic nitrogens is 4. The van der Waals surface area contributed by atoms with Gasteiger partial charge in [-0.3, -0.25) is 9.38 Å². The molecule has 0 saturated heterocycles. The van der Waals surface area contributed by atoms with Gasteiger partial charge in [0.2, 0.25) is 5.88 Å². The maximum atomic E-state index is 14.5. The van der Waals surface area contributed by atoms with Crippen molar-refractivity contribution in [2.45, 2.75) is 31.1 Å². The van der Waals surface area contributed by atoms with E-state index in [1.165, 1.54) is 10.6 Å². The van der Waals surface area contributed by atoms with Gasteiger partial charge in [0.1, 0.15) is 11.6 Å². The number of pyridine rings is 1. The molecule has 0 bridgehead atoms. The molecule has 0 spiro atoms. The Morgan fingerprint density at radius 3 is 2.54 bits per heavy atom. The molecule has 0 amide bonds. The van der Waals surface area contributed by atoms with E-state index in [-0.39, 0.29) is 16.7 Å². The minimum absolute atomic E-state index is 0.0507. The fourth-order valence-electron chi connectivity index (χ4n) is 2.59. The lowest BCUT2D eigenvalue weighted by Crippen LogP contribution is -2.21. The van der Waals surface area contributed by atoms with Crippen LogP contribution in [0.25, 0.3) is 16.8 Å². The van der Waals surface area contributed by atoms with Crippen LogP contribution in [0.3, 0.4) is 0 Å². The maximum absolute atomic E-state index is 14.5. The number of fused-ring (bicyclic) bond motifs is 1. The van der Waals surface area contributed by atoms with Crippen molar-refractivity contribution in [1.82, 2.24) is 19.4 Å². The van der Waals surface area contributed by atoms with Gasteiger partial charge in [0, 0.05) is 28.7 Å². The second-order valence-corrected chi connectivity index (χ2v) is 11.2. The smallest absolute Gasteiger partial charge is 0.216 e. The Kier molecular flexibility index (Phi) is 5.70. The summed E-state index contributed by atoms with van der Waals surface area (Å²) in [5, 5.41) is 7.34. The first kappa shape index (κ1) is 21.0. The summed E-state index contributed by atoms with van der Waals surface area (Å²) in [6.45, 7) is 6.54. The van der Waals surface area contributed by atoms with Gasteiger partial charge in [-0.2, -0.15) is 5.26 Å². The number of rotatable bonds is 5. The van der Waals surface area contributed by atoms with Crippen molar-refractivity contribution in [3.8, 4) is 23.2 Å². The molecule has 10 heteroatoms. The third-order valence-electron chi connectivity index (χ3n) is 3.88. The predicted octanol–water partition coefficient (Wildman–Crippen LogP) is 3.83. The first-order chi connectivity index (χ1) is 13.0. The van der Waals surface area contributed by atoms with Crippen LogP contribution in [-0.4, -0.2) is 31.1 Å². The first-order valence-electron chi connectivity index (χ1n) is 8.43. The average Bonchev–Trinajstić information content (AvgIpc) is 2.98. The Morgan fingerprint density at radius 1 is 1.25 bits per heavy atom. The lowest BCUT2D eigenvalue weighted by molar-refractivity contribution is 0.275. The van der Waals surface area contributed by atoms with Crippen LogP contribution in [0.5, 0.6) is 5.88 Å². The fourth-order valence-corrected chi connectivity index (χ4v) is 3.09. The van der Waals surface area contributed by atoms with Gasteiger partial charge in [0.05, 0.1) is 18.5 Å². The van der Waals surface area contributed by atoms with Gasteiger partial charge >= 0.3 is 0 Å². The number of nitriles is 1. The van der Waals surface area contributed by atoms with Crippen LogP contribution < -0.4 is 4.74 Å². The Bertz CT molecular complexity index is 1080. The maximum Gasteiger partial charge on any atom is 0.216 e. The van der Waals surface area contributed by atoms with Crippen LogP contribution in [0.4, 0.5) is 4.39 Å². The van der Waals surface area contributed by atoms with Crippen molar-refractivity contribution in [3.05, 3.63) is 41.7 Å². The molecule has 0 saturated carbocycles. The van der Waals surface area contributed by atoms with Gasteiger partial charge in [0.15, 0.2) is 16.7 Å². The third-order valence-corrected chi connectivity index (χ3v) is 4.56. The summed E-state index contributed by atoms with van der Waals surface area (Å²) >= 11 is 0. The summed E-state index contributed by atoms with van der Waals surface area (Å²) in [5.74, 6) is 0.651. The van der Waals surface area contributed by atoms with Gasteiger partial charge < -0.3 is 4.74 Å². The van der Waals surface area contributed by atoms with Crippen LogP contribution in [0.1, 0.15) is 30.9 Å². The number of imidazole rings is 1. The molecule has 0 N–H and O–H groups in total. The largest absolute Gasteiger partial charge is 0.477 e. The van der Waals surface area contributed by atoms with E-state index in [9.17, 15) is 9.65 Å². The van der Waals surface area contributed by atoms with Crippen LogP contribution in [-0.2, 0) is 5.15 Å². The molecule has 3 rings (SSSR count). The Balaban J connectivity index is 2.02. The molecule has 0 aliphatic heterocycles. The zero-order valence-electron chi connectivity index (χ0n) is 15.8. The van der Waals surface area contributed by atoms with Crippen LogP contribution in [0.15, 0.2) is 24.7 Å². The quantitative estimate of drug-likeness (QED) is 0.570. The monoisotopic (exact) mass is 435 g/mol. The molecule has 28 heavy (non-hydrogen) atoms. The van der Waals surface area contributed by atoms with E-state index in [0.717, 1.165) is 11.1 Å². The summed E-state index contributed by atoms with van der Waals surface area (Å²) < 4.78 is 21.8. The number of ether oxygens (including phenoxy) is 1. The predicted molar refractivity (Wildman–Crippen MR) is 117 cm³/mol. The highest BCUT2D eigenvalue weighted by atomic mass is 31.1. The van der Waals surface area contributed by atoms with Gasteiger partial charge in [-0.15, -0.1) is 9.24 Å². The van der Waals surface area contributed by atoms with E-state index < -0.39 is 5.15 Å². The second kappa shape index (κ2) is 7.60. The molecule has 0 aromatic carbocycles. The van der Waals surface area contributed by atoms with E-state index in [1.807, 2.05) is 19.1 Å². The Labute approximate surface area is 169 Å². The topological polar surface area (TPSA) is 76.1 Å². The lowest BCUT2D eigenvalue weighted by atomic mass is 10.1. The second-order valence-electron chi connectivity index (χ2n) is 7.31. The molecule has 3 heterocycles. The van der Waals surface area contributed by atoms with Gasteiger partial charge in [-0.25, -0.2) is 14.4 Å². The van der Waals surface area contributed by atoms with Crippen molar-refractivity contribution in [2.75, 3.05) is 6.61 Å². The average molecular weight is 435 g/mol. The van der Waals surface area contributed by atoms with Gasteiger partial charge in [-0.05, 0) is 13.0 Å². The number of alkyl halides is 1. The Morgan fingerprint density at radius 2 is 1.96 bits per heavy atom. The molecule has 3 aromatic heterocycles. The summed E-state index contributed by atoms with van der Waals surface area (Å²) in [7, 11) is 6.87. The minimum Gasteiger partial charge on any atom is -0.477 e. The standard InChI is InChI=1S/C18H21FN5OP3/c1-10-4-11(6-22-15(10)25-9-17(2,3)26)13-8-24-14(7-21-13)12(5-20)23-16(24)18(19,27)28/h4,6-8H,9,26-28H2,1-3H3. The number of halogens is 1. The molecule has 0 aliphatic rings. The Hall–Kier alpha value is -1.72. The van der Waals surface area contributed by atoms with Gasteiger partial charge in [0.25, 0.3) is 0 Å². The highest BCUT2D eigenvalue weighted by molar-refractivity contribution is 7.38. The highest BCUT2D eigenvalue weighted by Gasteiger charge is 2.27. The van der Waals surface area contributed by atoms with Crippen molar-refractivity contribution >= 4 is 33.2 Å². The number of nitrogens with zero attached hydrogens (tertiary/aromatic N) is 5. The molecule has 146 valence electrons. The van der Waals surface area contributed by atoms with Crippen molar-refractivity contribution in [2.24, 2.45) is 0 Å². The summed E-state index contributed by atoms with van der Waals surface area (Å²) in [4.78, 5) is 12.9. The summed E-state index contributed by atoms with van der Waals surface area (Å²) in [6, 6.07) is 3.89. The highest BCUT2D eigenvalue weighted by Crippen LogP contribution is 2.40. The van der Waals surface area contributed by atoms with E-state index >= 15 is 0 Å². The fraction of sp³-hybridized carbons (Fsp3) is 0.333. The molecular weight excluding hydrogens is 414 g/mol. The molecular formula is C18H21FN5OP3. The summed E-state index contributed by atoms with van der Waals surface area (Å²) in [6.07, 6.45) is 4.84. The van der Waals surface area contributed by atoms with E-state index in [2.05, 4.69) is 56.5 Å². The molecule has 0 aliphatic carbocycles. The van der Waals surface area contributed by atoms with Crippen LogP contribution in [0, 0.1) is 18.3 Å². The lowest BCUT2D eigenvalue weighted by Gasteiger charge is -2.19. The van der Waals surface area contributed by atoms with Crippen molar-refractivity contribution in [1.29, 1.82) is 5.26 Å². The molecule has 3 aromatic rings. The first-order valence-corrected chi connectivity index (χ1v) is 10.2. The van der Waals surface area contributed by atoms with E-state index in [4.69, 9.17) is 4.74 Å². The molecule has 3 atom stereocenters. The SMILES string of the molecule is Cc1cc(-c2cn3c(C(F)(P)P)nc(C#N)c3cn2)cnc1OCC(C)(C)P. The molecule has 0 radical (unpaired) electrons. The number of hydrogen-bond donors (Lipinski definition) is 0. The zero-order chi connectivity index (χ0) is 20.7. The van der Waals surface area contributed by atoms with Crippen molar-refractivity contribution < 1.29 is 9.13 Å². The molecule has 6 nitrogen and oxygen atoms in total. The minimum atomic E-state index is -1.87. The van der Waals surface area contributed by atoms with Crippen LogP contribution in [0.2, 0.25) is 0 Å². The molecule has 0 fully saturated rings. The molecule has 3 unspecified atom stereocenters. The summed E-state index contributed by atoms with van der Waals surface area (Å²) in [5.41, 5.74) is 2.78. The van der Waals surface area contributed by atoms with Crippen LogP contribution >= 0.6 is 27.7 Å². The normalized spacial score (nSPS) is 12.2. The van der Waals surface area contributed by atoms with E-state index in [1.54, 1.807) is 12.4 Å². The third kappa shape index (κ3) is 4.47. The zero-order valence-corrected chi connectivity index (χ0v) is 19.2.